The molecule has 4 rings (SSSR count). The van der Waals surface area contributed by atoms with Crippen LogP contribution in [0.4, 0.5) is 17.1 Å². The minimum absolute atomic E-state index is 0.0316. The molecule has 7 nitrogen and oxygen atoms in total. The van der Waals surface area contributed by atoms with Gasteiger partial charge in [0.05, 0.1) is 12.6 Å². The first-order valence-electron chi connectivity index (χ1n) is 12.0. The van der Waals surface area contributed by atoms with Crippen LogP contribution in [0.15, 0.2) is 78.9 Å². The topological polar surface area (TPSA) is 88.7 Å². The molecule has 1 aliphatic heterocycles. The van der Waals surface area contributed by atoms with Crippen LogP contribution in [0.1, 0.15) is 24.8 Å². The molecule has 1 saturated heterocycles. The van der Waals surface area contributed by atoms with E-state index in [0.717, 1.165) is 36.4 Å². The van der Waals surface area contributed by atoms with Gasteiger partial charge in [-0.2, -0.15) is 0 Å². The van der Waals surface area contributed by atoms with Crippen molar-refractivity contribution < 1.29 is 19.1 Å². The number of benzene rings is 3. The van der Waals surface area contributed by atoms with Crippen molar-refractivity contribution in [1.29, 1.82) is 0 Å². The second-order valence-corrected chi connectivity index (χ2v) is 8.49. The second-order valence-electron chi connectivity index (χ2n) is 8.49. The highest BCUT2D eigenvalue weighted by molar-refractivity contribution is 5.94. The average Bonchev–Trinajstić information content (AvgIpc) is 3.41. The summed E-state index contributed by atoms with van der Waals surface area (Å²) < 4.78 is 11.4. The molecule has 3 aromatic carbocycles. The van der Waals surface area contributed by atoms with Crippen LogP contribution in [0.2, 0.25) is 0 Å². The van der Waals surface area contributed by atoms with Crippen molar-refractivity contribution in [2.75, 3.05) is 35.7 Å². The Labute approximate surface area is 205 Å². The van der Waals surface area contributed by atoms with Gasteiger partial charge < -0.3 is 25.4 Å². The minimum Gasteiger partial charge on any atom is -0.491 e. The van der Waals surface area contributed by atoms with E-state index in [1.54, 1.807) is 0 Å². The Morgan fingerprint density at radius 3 is 2.40 bits per heavy atom. The molecule has 0 aliphatic carbocycles. The van der Waals surface area contributed by atoms with E-state index in [9.17, 15) is 9.59 Å². The summed E-state index contributed by atoms with van der Waals surface area (Å²) in [5.41, 5.74) is 3.32. The molecular weight excluding hydrogens is 442 g/mol. The van der Waals surface area contributed by atoms with E-state index in [4.69, 9.17) is 9.47 Å². The molecule has 1 atom stereocenters. The summed E-state index contributed by atoms with van der Waals surface area (Å²) in [6.07, 6.45) is 3.36. The lowest BCUT2D eigenvalue weighted by molar-refractivity contribution is -0.116. The molecule has 0 bridgehead atoms. The van der Waals surface area contributed by atoms with Gasteiger partial charge in [-0.25, -0.2) is 0 Å². The molecule has 0 spiro atoms. The van der Waals surface area contributed by atoms with Gasteiger partial charge in [0.2, 0.25) is 11.8 Å². The number of anilines is 3. The summed E-state index contributed by atoms with van der Waals surface area (Å²) >= 11 is 0. The Balaban J connectivity index is 1.18. The van der Waals surface area contributed by atoms with Gasteiger partial charge in [0.1, 0.15) is 12.4 Å². The molecule has 1 unspecified atom stereocenters. The maximum atomic E-state index is 12.4. The molecule has 1 heterocycles. The largest absolute Gasteiger partial charge is 0.491 e. The molecule has 0 aromatic heterocycles. The van der Waals surface area contributed by atoms with E-state index >= 15 is 0 Å². The zero-order valence-corrected chi connectivity index (χ0v) is 19.7. The van der Waals surface area contributed by atoms with Gasteiger partial charge in [-0.3, -0.25) is 9.59 Å². The van der Waals surface area contributed by atoms with Gasteiger partial charge in [-0.15, -0.1) is 0 Å². The van der Waals surface area contributed by atoms with Crippen molar-refractivity contribution in [2.45, 2.75) is 31.8 Å². The second kappa shape index (κ2) is 12.6. The maximum Gasteiger partial charge on any atom is 0.243 e. The number of rotatable bonds is 11. The number of hydrogen-bond donors (Lipinski definition) is 3. The highest BCUT2D eigenvalue weighted by Crippen LogP contribution is 2.20. The molecule has 0 saturated carbocycles. The fourth-order valence-corrected chi connectivity index (χ4v) is 3.81. The van der Waals surface area contributed by atoms with Crippen LogP contribution in [0.5, 0.6) is 5.75 Å². The quantitative estimate of drug-likeness (QED) is 0.370. The van der Waals surface area contributed by atoms with Crippen LogP contribution in [-0.4, -0.2) is 37.7 Å². The van der Waals surface area contributed by atoms with Gasteiger partial charge in [-0.1, -0.05) is 36.4 Å². The van der Waals surface area contributed by atoms with Gasteiger partial charge in [-0.05, 0) is 61.2 Å². The van der Waals surface area contributed by atoms with Crippen LogP contribution in [-0.2, 0) is 20.7 Å². The smallest absolute Gasteiger partial charge is 0.243 e. The van der Waals surface area contributed by atoms with E-state index < -0.39 is 0 Å². The number of nitrogens with one attached hydrogen (secondary N) is 3. The summed E-state index contributed by atoms with van der Waals surface area (Å²) in [6.45, 7) is 1.43. The Kier molecular flexibility index (Phi) is 8.73. The lowest BCUT2D eigenvalue weighted by atomic mass is 10.1. The fraction of sp³-hybridized carbons (Fsp3) is 0.286. The Hall–Kier alpha value is -3.84. The van der Waals surface area contributed by atoms with Crippen molar-refractivity contribution in [1.82, 2.24) is 0 Å². The Morgan fingerprint density at radius 2 is 1.63 bits per heavy atom. The molecule has 2 amide bonds. The van der Waals surface area contributed by atoms with Gasteiger partial charge >= 0.3 is 0 Å². The van der Waals surface area contributed by atoms with Crippen LogP contribution in [0.3, 0.4) is 0 Å². The molecule has 35 heavy (non-hydrogen) atoms. The van der Waals surface area contributed by atoms with Gasteiger partial charge in [0.15, 0.2) is 0 Å². The fourth-order valence-electron chi connectivity index (χ4n) is 3.81. The molecule has 1 fully saturated rings. The molecule has 3 N–H and O–H groups in total. The summed E-state index contributed by atoms with van der Waals surface area (Å²) in [5, 5.41) is 8.88. The third kappa shape index (κ3) is 8.15. The van der Waals surface area contributed by atoms with Crippen molar-refractivity contribution in [3.05, 3.63) is 84.4 Å². The summed E-state index contributed by atoms with van der Waals surface area (Å²) in [6, 6.07) is 24.6. The van der Waals surface area contributed by atoms with Crippen molar-refractivity contribution in [3.63, 3.8) is 0 Å². The summed E-state index contributed by atoms with van der Waals surface area (Å²) in [4.78, 5) is 24.6. The van der Waals surface area contributed by atoms with Crippen LogP contribution in [0.25, 0.3) is 0 Å². The van der Waals surface area contributed by atoms with E-state index in [2.05, 4.69) is 16.0 Å². The number of amides is 2. The monoisotopic (exact) mass is 473 g/mol. The molecule has 3 aromatic rings. The first-order valence-corrected chi connectivity index (χ1v) is 12.0. The number of aryl methyl sites for hydroxylation is 1. The van der Waals surface area contributed by atoms with Crippen molar-refractivity contribution in [3.8, 4) is 5.75 Å². The first kappa shape index (κ1) is 24.3. The van der Waals surface area contributed by atoms with E-state index in [1.807, 2.05) is 78.9 Å². The van der Waals surface area contributed by atoms with Gasteiger partial charge in [0.25, 0.3) is 0 Å². The zero-order chi connectivity index (χ0) is 24.3. The van der Waals surface area contributed by atoms with Crippen LogP contribution >= 0.6 is 0 Å². The highest BCUT2D eigenvalue weighted by Gasteiger charge is 2.16. The normalized spacial score (nSPS) is 14.8. The number of hydrogen-bond acceptors (Lipinski definition) is 5. The molecular formula is C28H31N3O4. The van der Waals surface area contributed by atoms with Crippen molar-refractivity contribution >= 4 is 28.9 Å². The Bertz CT molecular complexity index is 1100. The maximum absolute atomic E-state index is 12.4. The Morgan fingerprint density at radius 1 is 0.857 bits per heavy atom. The van der Waals surface area contributed by atoms with Gasteiger partial charge in [0, 0.05) is 36.2 Å². The molecule has 1 aliphatic rings. The molecule has 182 valence electrons. The molecule has 7 heteroatoms. The van der Waals surface area contributed by atoms with Crippen LogP contribution < -0.4 is 20.7 Å². The van der Waals surface area contributed by atoms with E-state index in [1.165, 1.54) is 0 Å². The van der Waals surface area contributed by atoms with E-state index in [-0.39, 0.29) is 24.5 Å². The summed E-state index contributed by atoms with van der Waals surface area (Å²) in [7, 11) is 0. The van der Waals surface area contributed by atoms with E-state index in [0.29, 0.717) is 30.9 Å². The standard InChI is InChI=1S/C28H31N3O4/c32-27(16-11-21-6-2-1-3-7-21)30-23-14-12-22(13-15-23)29-19-28(33)31-24-8-4-9-25(18-24)35-20-26-10-5-17-34-26/h1-4,6-9,12-15,18,26,29H,5,10-11,16-17,19-20H2,(H,30,32)(H,31,33). The third-order valence-electron chi connectivity index (χ3n) is 5.68. The van der Waals surface area contributed by atoms with Crippen LogP contribution in [0, 0.1) is 0 Å². The SMILES string of the molecule is O=C(CCc1ccccc1)Nc1ccc(NCC(=O)Nc2cccc(OCC3CCCO3)c2)cc1. The molecule has 0 radical (unpaired) electrons. The highest BCUT2D eigenvalue weighted by atomic mass is 16.5. The lowest BCUT2D eigenvalue weighted by Crippen LogP contribution is -2.22. The first-order chi connectivity index (χ1) is 17.1. The summed E-state index contributed by atoms with van der Waals surface area (Å²) in [5.74, 6) is 0.503. The number of carbonyl (C=O) groups is 2. The predicted molar refractivity (Wildman–Crippen MR) is 138 cm³/mol. The third-order valence-corrected chi connectivity index (χ3v) is 5.68. The number of ether oxygens (including phenoxy) is 2. The van der Waals surface area contributed by atoms with Crippen molar-refractivity contribution in [2.24, 2.45) is 0 Å². The predicted octanol–water partition coefficient (Wildman–Crippen LogP) is 4.87. The average molecular weight is 474 g/mol. The lowest BCUT2D eigenvalue weighted by Gasteiger charge is -2.13. The number of carbonyl (C=O) groups excluding carboxylic acids is 2. The minimum atomic E-state index is -0.167. The zero-order valence-electron chi connectivity index (χ0n) is 19.7.